The molecule has 10 heteroatoms. The maximum Gasteiger partial charge on any atom is 0.416 e. The number of anilines is 3. The number of alkyl halides is 3. The second-order valence-corrected chi connectivity index (χ2v) is 11.0. The van der Waals surface area contributed by atoms with Gasteiger partial charge in [-0.3, -0.25) is 0 Å². The van der Waals surface area contributed by atoms with Crippen LogP contribution in [0.2, 0.25) is 0 Å². The summed E-state index contributed by atoms with van der Waals surface area (Å²) in [6, 6.07) is 36.2. The van der Waals surface area contributed by atoms with Gasteiger partial charge in [0.1, 0.15) is 0 Å². The lowest BCUT2D eigenvalue weighted by Crippen LogP contribution is -2.14. The summed E-state index contributed by atoms with van der Waals surface area (Å²) >= 11 is 0. The summed E-state index contributed by atoms with van der Waals surface area (Å²) in [6.07, 6.45) is -3.36. The molecule has 0 aliphatic rings. The third-order valence-corrected chi connectivity index (χ3v) is 7.77. The number of azo groups is 2. The lowest BCUT2D eigenvalue weighted by molar-refractivity contribution is -0.137. The van der Waals surface area contributed by atoms with Crippen molar-refractivity contribution in [3.63, 3.8) is 0 Å². The zero-order chi connectivity index (χ0) is 32.8. The van der Waals surface area contributed by atoms with Gasteiger partial charge in [0.05, 0.1) is 39.7 Å². The van der Waals surface area contributed by atoms with Crippen molar-refractivity contribution in [3.8, 4) is 0 Å². The van der Waals surface area contributed by atoms with Crippen molar-refractivity contribution in [2.24, 2.45) is 20.5 Å². The lowest BCUT2D eigenvalue weighted by Gasteiger charge is -2.19. The molecule has 3 N–H and O–H groups in total. The molecule has 0 heterocycles. The number of benzene rings is 6. The van der Waals surface area contributed by atoms with Crippen LogP contribution < -0.4 is 16.2 Å². The monoisotopic (exact) mass is 631 g/mol. The number of nitrogens with one attached hydrogen (secondary N) is 3. The first kappa shape index (κ1) is 31.2. The van der Waals surface area contributed by atoms with Crippen molar-refractivity contribution in [1.82, 2.24) is 0 Å². The standard InChI is InChI=1S/C37H32F3N7/c1-3-24(2)41-33-20-21-35(30-9-5-4-8-29(30)33)46-47-36-23-22-34(31-10-6-7-11-32(31)36)45-44-28-18-16-27(17-19-28)43-42-26-14-12-25(13-15-26)37(38,39)40/h4-24,41,46-47H,3H2,1-2H3/b43-42+,45-44+. The molecule has 0 spiro atoms. The minimum atomic E-state index is -4.39. The molecule has 7 nitrogen and oxygen atoms in total. The van der Waals surface area contributed by atoms with E-state index in [1.54, 1.807) is 24.3 Å². The van der Waals surface area contributed by atoms with Crippen molar-refractivity contribution in [2.75, 3.05) is 16.2 Å². The summed E-state index contributed by atoms with van der Waals surface area (Å²) in [5, 5.41) is 24.8. The van der Waals surface area contributed by atoms with E-state index in [9.17, 15) is 13.2 Å². The van der Waals surface area contributed by atoms with Crippen LogP contribution in [0.3, 0.4) is 0 Å². The molecule has 0 radical (unpaired) electrons. The highest BCUT2D eigenvalue weighted by atomic mass is 19.4. The van der Waals surface area contributed by atoms with Crippen LogP contribution in [0.1, 0.15) is 25.8 Å². The summed E-state index contributed by atoms with van der Waals surface area (Å²) in [5.41, 5.74) is 11.2. The van der Waals surface area contributed by atoms with Crippen LogP contribution in [0, 0.1) is 0 Å². The molecule has 47 heavy (non-hydrogen) atoms. The molecule has 0 aliphatic heterocycles. The van der Waals surface area contributed by atoms with Crippen LogP contribution in [0.15, 0.2) is 142 Å². The second kappa shape index (κ2) is 13.7. The predicted molar refractivity (Wildman–Crippen MR) is 185 cm³/mol. The first-order chi connectivity index (χ1) is 22.8. The Bertz CT molecular complexity index is 2050. The first-order valence-electron chi connectivity index (χ1n) is 15.2. The minimum Gasteiger partial charge on any atom is -0.382 e. The summed E-state index contributed by atoms with van der Waals surface area (Å²) in [7, 11) is 0. The molecule has 0 aliphatic carbocycles. The van der Waals surface area contributed by atoms with Crippen LogP contribution in [0.4, 0.5) is 53.0 Å². The third-order valence-electron chi connectivity index (χ3n) is 7.77. The Morgan fingerprint density at radius 3 is 1.49 bits per heavy atom. The van der Waals surface area contributed by atoms with E-state index in [0.717, 1.165) is 57.2 Å². The van der Waals surface area contributed by atoms with Gasteiger partial charge in [0.2, 0.25) is 0 Å². The lowest BCUT2D eigenvalue weighted by atomic mass is 10.1. The van der Waals surface area contributed by atoms with Gasteiger partial charge in [-0.15, -0.1) is 5.11 Å². The Hall–Kier alpha value is -5.77. The Morgan fingerprint density at radius 1 is 0.532 bits per heavy atom. The Balaban J connectivity index is 1.16. The highest BCUT2D eigenvalue weighted by Crippen LogP contribution is 2.35. The summed E-state index contributed by atoms with van der Waals surface area (Å²) in [5.74, 6) is 0. The number of hydrazine groups is 1. The molecule has 236 valence electrons. The maximum absolute atomic E-state index is 12.8. The molecule has 0 fully saturated rings. The van der Waals surface area contributed by atoms with Gasteiger partial charge in [-0.1, -0.05) is 55.5 Å². The number of nitrogens with zero attached hydrogens (tertiary/aromatic N) is 4. The van der Waals surface area contributed by atoms with Gasteiger partial charge in [0.25, 0.3) is 0 Å². The third kappa shape index (κ3) is 7.38. The summed E-state index contributed by atoms with van der Waals surface area (Å²) in [6.45, 7) is 4.35. The second-order valence-electron chi connectivity index (χ2n) is 11.0. The topological polar surface area (TPSA) is 85.5 Å². The highest BCUT2D eigenvalue weighted by molar-refractivity contribution is 6.04. The zero-order valence-corrected chi connectivity index (χ0v) is 25.8. The molecule has 0 aromatic heterocycles. The van der Waals surface area contributed by atoms with Crippen LogP contribution in [0.5, 0.6) is 0 Å². The van der Waals surface area contributed by atoms with E-state index >= 15 is 0 Å². The molecule has 6 aromatic rings. The average molecular weight is 632 g/mol. The number of hydrogen-bond donors (Lipinski definition) is 3. The van der Waals surface area contributed by atoms with E-state index in [4.69, 9.17) is 0 Å². The molecule has 1 unspecified atom stereocenters. The average Bonchev–Trinajstić information content (AvgIpc) is 3.10. The van der Waals surface area contributed by atoms with Crippen molar-refractivity contribution in [3.05, 3.63) is 127 Å². The molecule has 0 saturated carbocycles. The van der Waals surface area contributed by atoms with E-state index in [2.05, 4.69) is 80.8 Å². The molecular formula is C37H32F3N7. The Morgan fingerprint density at radius 2 is 0.957 bits per heavy atom. The fourth-order valence-electron chi connectivity index (χ4n) is 5.05. The van der Waals surface area contributed by atoms with Crippen LogP contribution in [-0.2, 0) is 6.18 Å². The molecule has 6 rings (SSSR count). The van der Waals surface area contributed by atoms with Crippen molar-refractivity contribution in [1.29, 1.82) is 0 Å². The van der Waals surface area contributed by atoms with Crippen molar-refractivity contribution >= 4 is 61.4 Å². The minimum absolute atomic E-state index is 0.322. The van der Waals surface area contributed by atoms with Gasteiger partial charge in [-0.05, 0) is 86.1 Å². The van der Waals surface area contributed by atoms with Crippen LogP contribution >= 0.6 is 0 Å². The molecule has 1 atom stereocenters. The molecule has 0 amide bonds. The normalized spacial score (nSPS) is 12.6. The van der Waals surface area contributed by atoms with Gasteiger partial charge < -0.3 is 16.2 Å². The van der Waals surface area contributed by atoms with E-state index in [1.807, 2.05) is 42.5 Å². The number of hydrogen-bond acceptors (Lipinski definition) is 7. The maximum atomic E-state index is 12.8. The zero-order valence-electron chi connectivity index (χ0n) is 25.8. The molecule has 0 saturated heterocycles. The van der Waals surface area contributed by atoms with Gasteiger partial charge in [0.15, 0.2) is 0 Å². The van der Waals surface area contributed by atoms with Gasteiger partial charge in [0, 0.05) is 33.3 Å². The Labute approximate surface area is 270 Å². The van der Waals surface area contributed by atoms with E-state index < -0.39 is 11.7 Å². The van der Waals surface area contributed by atoms with Gasteiger partial charge in [-0.25, -0.2) is 0 Å². The van der Waals surface area contributed by atoms with Gasteiger partial charge >= 0.3 is 6.18 Å². The van der Waals surface area contributed by atoms with Gasteiger partial charge in [-0.2, -0.15) is 28.5 Å². The molecule has 0 bridgehead atoms. The molecule has 6 aromatic carbocycles. The number of rotatable bonds is 10. The van der Waals surface area contributed by atoms with E-state index in [1.165, 1.54) is 12.1 Å². The predicted octanol–water partition coefficient (Wildman–Crippen LogP) is 12.5. The fourth-order valence-corrected chi connectivity index (χ4v) is 5.05. The Kier molecular flexibility index (Phi) is 9.10. The smallest absolute Gasteiger partial charge is 0.382 e. The first-order valence-corrected chi connectivity index (χ1v) is 15.2. The highest BCUT2D eigenvalue weighted by Gasteiger charge is 2.29. The SMILES string of the molecule is CCC(C)Nc1ccc(NNc2ccc(/N=N/c3ccc(/N=N/c4ccc(C(F)(F)F)cc4)cc3)c3ccccc23)c2ccccc12. The van der Waals surface area contributed by atoms with E-state index in [-0.39, 0.29) is 0 Å². The van der Waals surface area contributed by atoms with Crippen molar-refractivity contribution in [2.45, 2.75) is 32.5 Å². The summed E-state index contributed by atoms with van der Waals surface area (Å²) in [4.78, 5) is 0. The van der Waals surface area contributed by atoms with Crippen LogP contribution in [0.25, 0.3) is 21.5 Å². The number of fused-ring (bicyclic) bond motifs is 2. The van der Waals surface area contributed by atoms with Crippen molar-refractivity contribution < 1.29 is 13.2 Å². The largest absolute Gasteiger partial charge is 0.416 e. The quantitative estimate of drug-likeness (QED) is 0.104. The summed E-state index contributed by atoms with van der Waals surface area (Å²) < 4.78 is 38.3. The van der Waals surface area contributed by atoms with Crippen LogP contribution in [-0.4, -0.2) is 6.04 Å². The van der Waals surface area contributed by atoms with E-state index in [0.29, 0.717) is 28.8 Å². The number of halogens is 3. The fraction of sp³-hybridized carbons (Fsp3) is 0.135. The molecular weight excluding hydrogens is 599 g/mol.